The minimum atomic E-state index is -0.491. The van der Waals surface area contributed by atoms with Gasteiger partial charge in [0.05, 0.1) is 12.1 Å². The van der Waals surface area contributed by atoms with Crippen molar-refractivity contribution >= 4 is 0 Å². The molecule has 1 aromatic carbocycles. The summed E-state index contributed by atoms with van der Waals surface area (Å²) >= 11 is 0. The zero-order valence-corrected chi connectivity index (χ0v) is 12.2. The fraction of sp³-hybridized carbons (Fsp3) is 0.625. The van der Waals surface area contributed by atoms with E-state index in [0.29, 0.717) is 6.73 Å². The second kappa shape index (κ2) is 5.82. The molecule has 3 rings (SSSR count). The van der Waals surface area contributed by atoms with Gasteiger partial charge in [-0.3, -0.25) is 4.90 Å². The number of nitrogens with zero attached hydrogens (tertiary/aromatic N) is 1. The fourth-order valence-electron chi connectivity index (χ4n) is 3.53. The lowest BCUT2D eigenvalue weighted by atomic mass is 9.87. The summed E-state index contributed by atoms with van der Waals surface area (Å²) < 4.78 is 17.6. The Balaban J connectivity index is 1.82. The summed E-state index contributed by atoms with van der Waals surface area (Å²) in [6, 6.07) is 10.7. The van der Waals surface area contributed by atoms with Crippen LogP contribution in [0, 0.1) is 0 Å². The summed E-state index contributed by atoms with van der Waals surface area (Å²) in [5.41, 5.74) is 1.24. The summed E-state index contributed by atoms with van der Waals surface area (Å²) in [6.07, 6.45) is 3.06. The van der Waals surface area contributed by atoms with E-state index in [-0.39, 0.29) is 12.1 Å². The van der Waals surface area contributed by atoms with Crippen LogP contribution in [0.2, 0.25) is 0 Å². The Morgan fingerprint density at radius 3 is 2.65 bits per heavy atom. The number of ether oxygens (including phenoxy) is 3. The Hall–Kier alpha value is -0.940. The van der Waals surface area contributed by atoms with Gasteiger partial charge in [0.15, 0.2) is 5.79 Å². The first kappa shape index (κ1) is 14.0. The predicted molar refractivity (Wildman–Crippen MR) is 76.2 cm³/mol. The Bertz CT molecular complexity index is 433. The van der Waals surface area contributed by atoms with E-state index in [4.69, 9.17) is 14.2 Å². The molecule has 0 bridgehead atoms. The quantitative estimate of drug-likeness (QED) is 0.795. The maximum absolute atomic E-state index is 6.03. The highest BCUT2D eigenvalue weighted by atomic mass is 16.7. The van der Waals surface area contributed by atoms with Crippen LogP contribution in [-0.2, 0) is 14.2 Å². The van der Waals surface area contributed by atoms with E-state index in [1.807, 2.05) is 6.07 Å². The van der Waals surface area contributed by atoms with Crippen molar-refractivity contribution in [2.75, 3.05) is 27.5 Å². The Kier molecular flexibility index (Phi) is 4.08. The molecule has 20 heavy (non-hydrogen) atoms. The first-order chi connectivity index (χ1) is 9.79. The molecule has 0 saturated carbocycles. The number of fused-ring (bicyclic) bond motifs is 1. The molecule has 4 nitrogen and oxygen atoms in total. The van der Waals surface area contributed by atoms with Crippen molar-refractivity contribution in [1.29, 1.82) is 0 Å². The van der Waals surface area contributed by atoms with Crippen LogP contribution in [0.25, 0.3) is 0 Å². The average Bonchev–Trinajstić information content (AvgIpc) is 2.54. The van der Waals surface area contributed by atoms with E-state index in [1.165, 1.54) is 5.56 Å². The Labute approximate surface area is 120 Å². The SMILES string of the molecule is COC1(OC)CCCN2CO[C@H](c3ccccc3)C[C@H]21. The van der Waals surface area contributed by atoms with Gasteiger partial charge in [-0.25, -0.2) is 0 Å². The van der Waals surface area contributed by atoms with Gasteiger partial charge in [-0.2, -0.15) is 0 Å². The van der Waals surface area contributed by atoms with Crippen molar-refractivity contribution in [2.24, 2.45) is 0 Å². The molecule has 2 fully saturated rings. The minimum absolute atomic E-state index is 0.125. The summed E-state index contributed by atoms with van der Waals surface area (Å²) in [5.74, 6) is -0.491. The van der Waals surface area contributed by atoms with E-state index in [1.54, 1.807) is 14.2 Å². The Morgan fingerprint density at radius 1 is 1.20 bits per heavy atom. The normalized spacial score (nSPS) is 29.9. The smallest absolute Gasteiger partial charge is 0.183 e. The Morgan fingerprint density at radius 2 is 1.95 bits per heavy atom. The lowest BCUT2D eigenvalue weighted by Gasteiger charge is -2.51. The molecule has 2 aliphatic heterocycles. The maximum atomic E-state index is 6.03. The summed E-state index contributed by atoms with van der Waals surface area (Å²) in [4.78, 5) is 2.34. The lowest BCUT2D eigenvalue weighted by Crippen LogP contribution is -2.61. The van der Waals surface area contributed by atoms with E-state index < -0.39 is 5.79 Å². The van der Waals surface area contributed by atoms with E-state index >= 15 is 0 Å². The highest BCUT2D eigenvalue weighted by Crippen LogP contribution is 2.40. The lowest BCUT2D eigenvalue weighted by molar-refractivity contribution is -0.288. The van der Waals surface area contributed by atoms with Gasteiger partial charge in [0.1, 0.15) is 6.73 Å². The third kappa shape index (κ3) is 2.37. The molecule has 110 valence electrons. The molecule has 1 aromatic rings. The van der Waals surface area contributed by atoms with Crippen LogP contribution < -0.4 is 0 Å². The van der Waals surface area contributed by atoms with Crippen molar-refractivity contribution in [1.82, 2.24) is 4.90 Å². The van der Waals surface area contributed by atoms with Gasteiger partial charge in [-0.15, -0.1) is 0 Å². The number of piperidine rings is 1. The molecule has 0 spiro atoms. The topological polar surface area (TPSA) is 30.9 Å². The zero-order chi connectivity index (χ0) is 14.0. The third-order valence-corrected chi connectivity index (χ3v) is 4.66. The summed E-state index contributed by atoms with van der Waals surface area (Å²) in [5, 5.41) is 0. The van der Waals surface area contributed by atoms with Crippen LogP contribution in [-0.4, -0.2) is 44.2 Å². The number of methoxy groups -OCH3 is 2. The van der Waals surface area contributed by atoms with Gasteiger partial charge in [0.2, 0.25) is 0 Å². The molecule has 2 heterocycles. The van der Waals surface area contributed by atoms with Crippen LogP contribution in [0.15, 0.2) is 30.3 Å². The largest absolute Gasteiger partial charge is 0.358 e. The number of hydrogen-bond acceptors (Lipinski definition) is 4. The standard InChI is InChI=1S/C16H23NO3/c1-18-16(19-2)9-6-10-17-12-20-14(11-15(16)17)13-7-4-3-5-8-13/h3-5,7-8,14-15H,6,9-12H2,1-2H3/t14-,15-/m0/s1. The predicted octanol–water partition coefficient (Wildman–Crippen LogP) is 2.56. The zero-order valence-electron chi connectivity index (χ0n) is 12.2. The van der Waals surface area contributed by atoms with E-state index in [0.717, 1.165) is 25.8 Å². The van der Waals surface area contributed by atoms with Crippen molar-refractivity contribution < 1.29 is 14.2 Å². The van der Waals surface area contributed by atoms with Crippen LogP contribution in [0.3, 0.4) is 0 Å². The first-order valence-electron chi connectivity index (χ1n) is 7.30. The second-order valence-corrected chi connectivity index (χ2v) is 5.58. The van der Waals surface area contributed by atoms with Gasteiger partial charge in [-0.05, 0) is 18.4 Å². The van der Waals surface area contributed by atoms with Gasteiger partial charge >= 0.3 is 0 Å². The molecule has 0 amide bonds. The second-order valence-electron chi connectivity index (χ2n) is 5.58. The summed E-state index contributed by atoms with van der Waals surface area (Å²) in [6.45, 7) is 1.71. The fourth-order valence-corrected chi connectivity index (χ4v) is 3.53. The van der Waals surface area contributed by atoms with Crippen LogP contribution in [0.4, 0.5) is 0 Å². The molecular formula is C16H23NO3. The molecule has 0 aromatic heterocycles. The molecule has 2 aliphatic rings. The first-order valence-corrected chi connectivity index (χ1v) is 7.30. The highest BCUT2D eigenvalue weighted by Gasteiger charge is 2.48. The van der Waals surface area contributed by atoms with Crippen LogP contribution in [0.1, 0.15) is 30.9 Å². The van der Waals surface area contributed by atoms with Crippen LogP contribution in [0.5, 0.6) is 0 Å². The molecular weight excluding hydrogens is 254 g/mol. The van der Waals surface area contributed by atoms with Crippen molar-refractivity contribution in [3.8, 4) is 0 Å². The van der Waals surface area contributed by atoms with Crippen molar-refractivity contribution in [3.05, 3.63) is 35.9 Å². The number of hydrogen-bond donors (Lipinski definition) is 0. The minimum Gasteiger partial charge on any atom is -0.358 e. The van der Waals surface area contributed by atoms with Crippen molar-refractivity contribution in [3.63, 3.8) is 0 Å². The van der Waals surface area contributed by atoms with Gasteiger partial charge in [0, 0.05) is 27.2 Å². The van der Waals surface area contributed by atoms with Gasteiger partial charge in [0.25, 0.3) is 0 Å². The van der Waals surface area contributed by atoms with Gasteiger partial charge in [-0.1, -0.05) is 30.3 Å². The van der Waals surface area contributed by atoms with Crippen molar-refractivity contribution in [2.45, 2.75) is 37.2 Å². The highest BCUT2D eigenvalue weighted by molar-refractivity contribution is 5.18. The molecule has 0 aliphatic carbocycles. The van der Waals surface area contributed by atoms with E-state index in [2.05, 4.69) is 29.2 Å². The molecule has 2 atom stereocenters. The maximum Gasteiger partial charge on any atom is 0.183 e. The summed E-state index contributed by atoms with van der Waals surface area (Å²) in [7, 11) is 3.50. The molecule has 0 radical (unpaired) electrons. The van der Waals surface area contributed by atoms with Gasteiger partial charge < -0.3 is 14.2 Å². The number of rotatable bonds is 3. The monoisotopic (exact) mass is 277 g/mol. The third-order valence-electron chi connectivity index (χ3n) is 4.66. The molecule has 2 saturated heterocycles. The molecule has 0 N–H and O–H groups in total. The van der Waals surface area contributed by atoms with Crippen LogP contribution >= 0.6 is 0 Å². The number of benzene rings is 1. The van der Waals surface area contributed by atoms with E-state index in [9.17, 15) is 0 Å². The molecule has 4 heteroatoms. The molecule has 0 unspecified atom stereocenters. The average molecular weight is 277 g/mol.